The minimum atomic E-state index is -0.0890. The van der Waals surface area contributed by atoms with Crippen molar-refractivity contribution in [3.63, 3.8) is 0 Å². The van der Waals surface area contributed by atoms with Gasteiger partial charge < -0.3 is 15.3 Å². The maximum Gasteiger partial charge on any atom is 0.255 e. The lowest BCUT2D eigenvalue weighted by Gasteiger charge is -2.18. The maximum atomic E-state index is 12.4. The standard InChI is InChI=1S/C18H22N2O2/c1-3-14-6-4-5-7-17(14)18(22)19-15-8-10-16(11-9-15)20(2)12-13-21/h4-11,21H,3,12-13H2,1-2H3,(H,19,22). The molecule has 0 spiro atoms. The minimum absolute atomic E-state index is 0.0890. The number of anilines is 2. The molecule has 0 aromatic heterocycles. The summed E-state index contributed by atoms with van der Waals surface area (Å²) >= 11 is 0. The number of aliphatic hydroxyl groups is 1. The third-order valence-corrected chi connectivity index (χ3v) is 3.64. The molecule has 0 aliphatic rings. The quantitative estimate of drug-likeness (QED) is 0.862. The van der Waals surface area contributed by atoms with Gasteiger partial charge in [0.25, 0.3) is 5.91 Å². The zero-order valence-electron chi connectivity index (χ0n) is 13.0. The van der Waals surface area contributed by atoms with E-state index in [4.69, 9.17) is 5.11 Å². The number of carbonyl (C=O) groups excluding carboxylic acids is 1. The summed E-state index contributed by atoms with van der Waals surface area (Å²) in [5.74, 6) is -0.0890. The van der Waals surface area contributed by atoms with Gasteiger partial charge in [-0.1, -0.05) is 25.1 Å². The second-order valence-electron chi connectivity index (χ2n) is 5.16. The van der Waals surface area contributed by atoms with E-state index in [2.05, 4.69) is 5.32 Å². The molecule has 1 amide bonds. The summed E-state index contributed by atoms with van der Waals surface area (Å²) in [6.45, 7) is 2.73. The Kier molecular flexibility index (Phi) is 5.55. The summed E-state index contributed by atoms with van der Waals surface area (Å²) in [4.78, 5) is 14.3. The summed E-state index contributed by atoms with van der Waals surface area (Å²) in [7, 11) is 1.92. The van der Waals surface area contributed by atoms with E-state index in [-0.39, 0.29) is 12.5 Å². The van der Waals surface area contributed by atoms with Crippen LogP contribution in [-0.2, 0) is 6.42 Å². The highest BCUT2D eigenvalue weighted by Gasteiger charge is 2.10. The van der Waals surface area contributed by atoms with Gasteiger partial charge in [-0.3, -0.25) is 4.79 Å². The number of likely N-dealkylation sites (N-methyl/N-ethyl adjacent to an activating group) is 1. The molecule has 0 aliphatic heterocycles. The molecule has 4 nitrogen and oxygen atoms in total. The van der Waals surface area contributed by atoms with E-state index in [0.29, 0.717) is 12.1 Å². The normalized spacial score (nSPS) is 10.3. The first kappa shape index (κ1) is 16.0. The Morgan fingerprint density at radius 2 is 1.82 bits per heavy atom. The van der Waals surface area contributed by atoms with Crippen LogP contribution in [0.3, 0.4) is 0 Å². The Morgan fingerprint density at radius 3 is 2.45 bits per heavy atom. The van der Waals surface area contributed by atoms with E-state index >= 15 is 0 Å². The first-order valence-electron chi connectivity index (χ1n) is 7.47. The second-order valence-corrected chi connectivity index (χ2v) is 5.16. The smallest absolute Gasteiger partial charge is 0.255 e. The van der Waals surface area contributed by atoms with Gasteiger partial charge in [0.05, 0.1) is 6.61 Å². The largest absolute Gasteiger partial charge is 0.395 e. The van der Waals surface area contributed by atoms with Crippen LogP contribution < -0.4 is 10.2 Å². The summed E-state index contributed by atoms with van der Waals surface area (Å²) in [5.41, 5.74) is 3.52. The van der Waals surface area contributed by atoms with Crippen molar-refractivity contribution in [3.05, 3.63) is 59.7 Å². The summed E-state index contributed by atoms with van der Waals surface area (Å²) in [5, 5.41) is 11.9. The molecule has 4 heteroatoms. The zero-order chi connectivity index (χ0) is 15.9. The Morgan fingerprint density at radius 1 is 1.14 bits per heavy atom. The summed E-state index contributed by atoms with van der Waals surface area (Å²) < 4.78 is 0. The molecule has 2 aromatic carbocycles. The van der Waals surface area contributed by atoms with Crippen molar-refractivity contribution in [2.75, 3.05) is 30.4 Å². The molecule has 0 saturated carbocycles. The molecule has 0 fully saturated rings. The van der Waals surface area contributed by atoms with Gasteiger partial charge >= 0.3 is 0 Å². The molecular weight excluding hydrogens is 276 g/mol. The average Bonchev–Trinajstić information content (AvgIpc) is 2.55. The van der Waals surface area contributed by atoms with E-state index in [9.17, 15) is 4.79 Å². The fourth-order valence-electron chi connectivity index (χ4n) is 2.33. The van der Waals surface area contributed by atoms with Crippen LogP contribution in [0.15, 0.2) is 48.5 Å². The molecule has 0 saturated heterocycles. The number of rotatable bonds is 6. The number of aryl methyl sites for hydroxylation is 1. The third kappa shape index (κ3) is 3.86. The molecule has 22 heavy (non-hydrogen) atoms. The molecule has 0 aliphatic carbocycles. The first-order valence-corrected chi connectivity index (χ1v) is 7.47. The van der Waals surface area contributed by atoms with Crippen molar-refractivity contribution in [1.29, 1.82) is 0 Å². The van der Waals surface area contributed by atoms with Gasteiger partial charge in [0, 0.05) is 30.5 Å². The van der Waals surface area contributed by atoms with Gasteiger partial charge in [0.2, 0.25) is 0 Å². The van der Waals surface area contributed by atoms with Crippen molar-refractivity contribution in [2.24, 2.45) is 0 Å². The summed E-state index contributed by atoms with van der Waals surface area (Å²) in [6.07, 6.45) is 0.828. The molecule has 2 rings (SSSR count). The molecular formula is C18H22N2O2. The Hall–Kier alpha value is -2.33. The highest BCUT2D eigenvalue weighted by atomic mass is 16.3. The van der Waals surface area contributed by atoms with Gasteiger partial charge in [-0.25, -0.2) is 0 Å². The molecule has 0 atom stereocenters. The number of amides is 1. The number of hydrogen-bond donors (Lipinski definition) is 2. The average molecular weight is 298 g/mol. The number of hydrogen-bond acceptors (Lipinski definition) is 3. The third-order valence-electron chi connectivity index (χ3n) is 3.64. The molecule has 0 unspecified atom stereocenters. The molecule has 2 aromatic rings. The first-order chi connectivity index (χ1) is 10.7. The summed E-state index contributed by atoms with van der Waals surface area (Å²) in [6, 6.07) is 15.2. The number of nitrogens with one attached hydrogen (secondary N) is 1. The fraction of sp³-hybridized carbons (Fsp3) is 0.278. The number of aliphatic hydroxyl groups excluding tert-OH is 1. The van der Waals surface area contributed by atoms with Crippen molar-refractivity contribution in [2.45, 2.75) is 13.3 Å². The highest BCUT2D eigenvalue weighted by Crippen LogP contribution is 2.18. The SMILES string of the molecule is CCc1ccccc1C(=O)Nc1ccc(N(C)CCO)cc1. The van der Waals surface area contributed by atoms with E-state index in [1.54, 1.807) is 0 Å². The van der Waals surface area contributed by atoms with Gasteiger partial charge in [0.1, 0.15) is 0 Å². The van der Waals surface area contributed by atoms with Crippen LogP contribution in [0.2, 0.25) is 0 Å². The molecule has 2 N–H and O–H groups in total. The van der Waals surface area contributed by atoms with Gasteiger partial charge in [0.15, 0.2) is 0 Å². The molecule has 0 bridgehead atoms. The van der Waals surface area contributed by atoms with E-state index in [1.807, 2.05) is 67.4 Å². The van der Waals surface area contributed by atoms with Crippen molar-refractivity contribution < 1.29 is 9.90 Å². The van der Waals surface area contributed by atoms with Crippen LogP contribution in [0.1, 0.15) is 22.8 Å². The van der Waals surface area contributed by atoms with E-state index < -0.39 is 0 Å². The van der Waals surface area contributed by atoms with Gasteiger partial charge in [-0.15, -0.1) is 0 Å². The number of carbonyl (C=O) groups is 1. The fourth-order valence-corrected chi connectivity index (χ4v) is 2.33. The zero-order valence-corrected chi connectivity index (χ0v) is 13.0. The van der Waals surface area contributed by atoms with Crippen LogP contribution in [0, 0.1) is 0 Å². The van der Waals surface area contributed by atoms with Crippen molar-refractivity contribution >= 4 is 17.3 Å². The van der Waals surface area contributed by atoms with Gasteiger partial charge in [-0.2, -0.15) is 0 Å². The Bertz CT molecular complexity index is 623. The number of nitrogens with zero attached hydrogens (tertiary/aromatic N) is 1. The minimum Gasteiger partial charge on any atom is -0.395 e. The van der Waals surface area contributed by atoms with Crippen LogP contribution in [-0.4, -0.2) is 31.2 Å². The molecule has 0 radical (unpaired) electrons. The molecule has 116 valence electrons. The molecule has 0 heterocycles. The predicted octanol–water partition coefficient (Wildman–Crippen LogP) is 2.93. The lowest BCUT2D eigenvalue weighted by molar-refractivity contribution is 0.102. The highest BCUT2D eigenvalue weighted by molar-refractivity contribution is 6.05. The Balaban J connectivity index is 2.09. The monoisotopic (exact) mass is 298 g/mol. The van der Waals surface area contributed by atoms with E-state index in [0.717, 1.165) is 23.4 Å². The Labute approximate surface area is 131 Å². The number of benzene rings is 2. The van der Waals surface area contributed by atoms with E-state index in [1.165, 1.54) is 0 Å². The second kappa shape index (κ2) is 7.61. The van der Waals surface area contributed by atoms with Crippen LogP contribution in [0.5, 0.6) is 0 Å². The van der Waals surface area contributed by atoms with Crippen molar-refractivity contribution in [1.82, 2.24) is 0 Å². The van der Waals surface area contributed by atoms with Crippen molar-refractivity contribution in [3.8, 4) is 0 Å². The maximum absolute atomic E-state index is 12.4. The predicted molar refractivity (Wildman–Crippen MR) is 90.6 cm³/mol. The lowest BCUT2D eigenvalue weighted by atomic mass is 10.0. The van der Waals surface area contributed by atoms with Crippen LogP contribution >= 0.6 is 0 Å². The van der Waals surface area contributed by atoms with Crippen LogP contribution in [0.4, 0.5) is 11.4 Å². The van der Waals surface area contributed by atoms with Gasteiger partial charge in [-0.05, 0) is 42.3 Å². The van der Waals surface area contributed by atoms with Crippen LogP contribution in [0.25, 0.3) is 0 Å². The lowest BCUT2D eigenvalue weighted by Crippen LogP contribution is -2.21. The topological polar surface area (TPSA) is 52.6 Å².